The molecule has 0 saturated heterocycles. The number of ether oxygens (including phenoxy) is 1. The molecule has 0 amide bonds. The van der Waals surface area contributed by atoms with E-state index in [9.17, 15) is 14.6 Å². The molecule has 2 aliphatic carbocycles. The number of aromatic nitrogens is 3. The highest BCUT2D eigenvalue weighted by Gasteiger charge is 2.44. The van der Waals surface area contributed by atoms with Gasteiger partial charge in [0.05, 0.1) is 11.7 Å². The van der Waals surface area contributed by atoms with Crippen LogP contribution in [0.4, 0.5) is 4.39 Å². The monoisotopic (exact) mass is 397 g/mol. The molecule has 0 radical (unpaired) electrons. The molecule has 4 unspecified atom stereocenters. The lowest BCUT2D eigenvalue weighted by Crippen LogP contribution is -2.34. The number of aliphatic hydroxyl groups excluding tert-OH is 2. The molecule has 0 bridgehead atoms. The molecule has 29 heavy (non-hydrogen) atoms. The molecule has 1 fully saturated rings. The van der Waals surface area contributed by atoms with Crippen LogP contribution >= 0.6 is 0 Å². The average Bonchev–Trinajstić information content (AvgIpc) is 3.28. The summed E-state index contributed by atoms with van der Waals surface area (Å²) in [6.45, 7) is 1.91. The summed E-state index contributed by atoms with van der Waals surface area (Å²) in [7, 11) is 0. The van der Waals surface area contributed by atoms with Crippen LogP contribution < -0.4 is 4.74 Å². The number of benzene rings is 1. The number of nitrogens with zero attached hydrogens (tertiary/aromatic N) is 3. The maximum atomic E-state index is 14.2. The Kier molecular flexibility index (Phi) is 4.52. The van der Waals surface area contributed by atoms with Crippen LogP contribution in [0.5, 0.6) is 5.75 Å². The Morgan fingerprint density at radius 1 is 1.07 bits per heavy atom. The van der Waals surface area contributed by atoms with Crippen LogP contribution in [0.2, 0.25) is 0 Å². The first-order valence-corrected chi connectivity index (χ1v) is 10.2. The van der Waals surface area contributed by atoms with Crippen LogP contribution in [-0.4, -0.2) is 43.1 Å². The smallest absolute Gasteiger partial charge is 0.143 e. The van der Waals surface area contributed by atoms with Crippen molar-refractivity contribution < 1.29 is 19.3 Å². The Morgan fingerprint density at radius 2 is 1.86 bits per heavy atom. The van der Waals surface area contributed by atoms with E-state index < -0.39 is 18.3 Å². The summed E-state index contributed by atoms with van der Waals surface area (Å²) in [5.74, 6) is 0.430. The number of rotatable bonds is 3. The maximum absolute atomic E-state index is 14.2. The molecule has 4 atom stereocenters. The molecule has 0 spiro atoms. The van der Waals surface area contributed by atoms with Gasteiger partial charge in [-0.1, -0.05) is 0 Å². The Hall–Kier alpha value is -2.51. The van der Waals surface area contributed by atoms with Crippen molar-refractivity contribution in [3.63, 3.8) is 0 Å². The standard InChI is InChI=1S/C22H24FN3O3/c1-12-13-8-9-26(22(13)25-11-24-12)17-10-19(21(28)20(17)27)29-18-7-6-16(23)14-4-2-3-5-15(14)18/h6-9,11,17,19-21,27-28H,2-5,10H2,1H3. The van der Waals surface area contributed by atoms with Gasteiger partial charge in [0, 0.05) is 23.6 Å². The Labute approximate surface area is 168 Å². The molecule has 1 aromatic carbocycles. The van der Waals surface area contributed by atoms with E-state index in [0.717, 1.165) is 47.1 Å². The summed E-state index contributed by atoms with van der Waals surface area (Å²) in [5.41, 5.74) is 3.22. The van der Waals surface area contributed by atoms with E-state index in [4.69, 9.17) is 4.74 Å². The van der Waals surface area contributed by atoms with Gasteiger partial charge in [-0.25, -0.2) is 14.4 Å². The van der Waals surface area contributed by atoms with Crippen LogP contribution in [0.1, 0.15) is 42.1 Å². The van der Waals surface area contributed by atoms with E-state index in [0.29, 0.717) is 18.6 Å². The maximum Gasteiger partial charge on any atom is 0.143 e. The highest BCUT2D eigenvalue weighted by molar-refractivity contribution is 5.78. The molecule has 5 rings (SSSR count). The first-order chi connectivity index (χ1) is 14.0. The Morgan fingerprint density at radius 3 is 2.69 bits per heavy atom. The number of halogens is 1. The SMILES string of the molecule is Cc1ncnc2c1ccn2C1CC(Oc2ccc(F)c3c2CCCC3)C(O)C1O. The summed E-state index contributed by atoms with van der Waals surface area (Å²) >= 11 is 0. The van der Waals surface area contributed by atoms with Crippen molar-refractivity contribution in [2.24, 2.45) is 0 Å². The lowest BCUT2D eigenvalue weighted by atomic mass is 9.90. The van der Waals surface area contributed by atoms with Gasteiger partial charge in [0.2, 0.25) is 0 Å². The van der Waals surface area contributed by atoms with E-state index in [2.05, 4.69) is 9.97 Å². The van der Waals surface area contributed by atoms with Crippen molar-refractivity contribution in [2.75, 3.05) is 0 Å². The zero-order valence-electron chi connectivity index (χ0n) is 16.3. The zero-order valence-corrected chi connectivity index (χ0v) is 16.3. The minimum absolute atomic E-state index is 0.189. The summed E-state index contributed by atoms with van der Waals surface area (Å²) in [6, 6.07) is 4.65. The topological polar surface area (TPSA) is 80.4 Å². The van der Waals surface area contributed by atoms with Crippen LogP contribution in [-0.2, 0) is 12.8 Å². The quantitative estimate of drug-likeness (QED) is 0.710. The second kappa shape index (κ2) is 7.07. The van der Waals surface area contributed by atoms with E-state index >= 15 is 0 Å². The normalized spacial score (nSPS) is 26.6. The fourth-order valence-electron chi connectivity index (χ4n) is 4.79. The summed E-state index contributed by atoms with van der Waals surface area (Å²) in [6.07, 6.45) is 4.67. The summed E-state index contributed by atoms with van der Waals surface area (Å²) in [5, 5.41) is 22.3. The molecule has 3 aromatic rings. The number of hydrogen-bond donors (Lipinski definition) is 2. The number of hydrogen-bond acceptors (Lipinski definition) is 5. The van der Waals surface area contributed by atoms with E-state index in [1.165, 1.54) is 12.4 Å². The van der Waals surface area contributed by atoms with Gasteiger partial charge in [0.25, 0.3) is 0 Å². The largest absolute Gasteiger partial charge is 0.487 e. The van der Waals surface area contributed by atoms with Crippen molar-refractivity contribution in [2.45, 2.75) is 63.4 Å². The molecule has 1 saturated carbocycles. The second-order valence-corrected chi connectivity index (χ2v) is 8.07. The molecule has 2 aliphatic rings. The predicted molar refractivity (Wildman–Crippen MR) is 105 cm³/mol. The number of aryl methyl sites for hydroxylation is 1. The lowest BCUT2D eigenvalue weighted by molar-refractivity contribution is -0.0166. The van der Waals surface area contributed by atoms with Crippen LogP contribution in [0, 0.1) is 12.7 Å². The third-order valence-electron chi connectivity index (χ3n) is 6.38. The van der Waals surface area contributed by atoms with Gasteiger partial charge in [-0.2, -0.15) is 0 Å². The second-order valence-electron chi connectivity index (χ2n) is 8.07. The fourth-order valence-corrected chi connectivity index (χ4v) is 4.79. The van der Waals surface area contributed by atoms with Crippen LogP contribution in [0.15, 0.2) is 30.7 Å². The molecular formula is C22H24FN3O3. The Balaban J connectivity index is 1.44. The van der Waals surface area contributed by atoms with Gasteiger partial charge in [0.15, 0.2) is 0 Å². The van der Waals surface area contributed by atoms with E-state index in [-0.39, 0.29) is 11.9 Å². The third-order valence-corrected chi connectivity index (χ3v) is 6.38. The summed E-state index contributed by atoms with van der Waals surface area (Å²) < 4.78 is 22.2. The van der Waals surface area contributed by atoms with Crippen molar-refractivity contribution >= 4 is 11.0 Å². The molecular weight excluding hydrogens is 373 g/mol. The number of aliphatic hydroxyl groups is 2. The van der Waals surface area contributed by atoms with Gasteiger partial charge >= 0.3 is 0 Å². The van der Waals surface area contributed by atoms with Crippen molar-refractivity contribution in [1.29, 1.82) is 0 Å². The predicted octanol–water partition coefficient (Wildman–Crippen LogP) is 2.87. The highest BCUT2D eigenvalue weighted by atomic mass is 19.1. The first kappa shape index (κ1) is 18.5. The van der Waals surface area contributed by atoms with E-state index in [1.807, 2.05) is 23.8 Å². The Bertz CT molecular complexity index is 1070. The molecule has 6 nitrogen and oxygen atoms in total. The minimum Gasteiger partial charge on any atom is -0.487 e. The fraction of sp³-hybridized carbons (Fsp3) is 0.455. The van der Waals surface area contributed by atoms with Gasteiger partial charge in [-0.3, -0.25) is 0 Å². The van der Waals surface area contributed by atoms with Crippen molar-refractivity contribution in [3.05, 3.63) is 53.4 Å². The molecule has 7 heteroatoms. The van der Waals surface area contributed by atoms with E-state index in [1.54, 1.807) is 6.07 Å². The lowest BCUT2D eigenvalue weighted by Gasteiger charge is -2.24. The molecule has 152 valence electrons. The molecule has 0 aliphatic heterocycles. The first-order valence-electron chi connectivity index (χ1n) is 10.2. The third kappa shape index (κ3) is 3.00. The van der Waals surface area contributed by atoms with Crippen LogP contribution in [0.25, 0.3) is 11.0 Å². The van der Waals surface area contributed by atoms with Crippen molar-refractivity contribution in [3.8, 4) is 5.75 Å². The molecule has 2 N–H and O–H groups in total. The van der Waals surface area contributed by atoms with Crippen LogP contribution in [0.3, 0.4) is 0 Å². The average molecular weight is 397 g/mol. The van der Waals surface area contributed by atoms with Gasteiger partial charge < -0.3 is 19.5 Å². The van der Waals surface area contributed by atoms with Gasteiger partial charge in [0.1, 0.15) is 41.9 Å². The minimum atomic E-state index is -1.04. The zero-order chi connectivity index (χ0) is 20.1. The molecule has 2 heterocycles. The van der Waals surface area contributed by atoms with Crippen molar-refractivity contribution in [1.82, 2.24) is 14.5 Å². The summed E-state index contributed by atoms with van der Waals surface area (Å²) in [4.78, 5) is 8.57. The molecule has 2 aromatic heterocycles. The van der Waals surface area contributed by atoms with Gasteiger partial charge in [-0.15, -0.1) is 0 Å². The highest BCUT2D eigenvalue weighted by Crippen LogP contribution is 2.38. The number of fused-ring (bicyclic) bond motifs is 2. The van der Waals surface area contributed by atoms with Gasteiger partial charge in [-0.05, 0) is 56.4 Å².